The van der Waals surface area contributed by atoms with Crippen molar-refractivity contribution in [1.82, 2.24) is 15.1 Å². The smallest absolute Gasteiger partial charge is 0.317 e. The summed E-state index contributed by atoms with van der Waals surface area (Å²) in [7, 11) is 0. The monoisotopic (exact) mass is 361 g/mol. The minimum atomic E-state index is -0.100. The number of likely N-dealkylation sites (tertiary alicyclic amines) is 1. The predicted octanol–water partition coefficient (Wildman–Crippen LogP) is 2.72. The zero-order valence-electron chi connectivity index (χ0n) is 14.9. The first-order chi connectivity index (χ1) is 12.1. The molecule has 1 spiro atoms. The number of urea groups is 1. The molecular formula is C19H27N3O2S. The standard InChI is InChI=1S/C19H27N3O2S/c1-2-20-18(24)21-12-10-19(11-13-21)22(14-15-25-19)17(23)9-8-16-6-4-3-5-7-16/h3-7H,2,8-15H2,1H3,(H,20,24). The van der Waals surface area contributed by atoms with Crippen molar-refractivity contribution in [2.24, 2.45) is 0 Å². The molecule has 3 amide bonds. The lowest BCUT2D eigenvalue weighted by Gasteiger charge is -2.44. The van der Waals surface area contributed by atoms with E-state index in [1.807, 2.05) is 41.8 Å². The Bertz CT molecular complexity index is 600. The Morgan fingerprint density at radius 2 is 1.88 bits per heavy atom. The maximum absolute atomic E-state index is 12.8. The molecule has 0 radical (unpaired) electrons. The molecule has 5 nitrogen and oxygen atoms in total. The van der Waals surface area contributed by atoms with Crippen LogP contribution < -0.4 is 5.32 Å². The van der Waals surface area contributed by atoms with E-state index in [1.54, 1.807) is 0 Å². The Morgan fingerprint density at radius 1 is 1.16 bits per heavy atom. The van der Waals surface area contributed by atoms with E-state index < -0.39 is 0 Å². The Hall–Kier alpha value is -1.69. The largest absolute Gasteiger partial charge is 0.338 e. The fraction of sp³-hybridized carbons (Fsp3) is 0.579. The van der Waals surface area contributed by atoms with Crippen LogP contribution >= 0.6 is 11.8 Å². The maximum atomic E-state index is 12.8. The molecule has 0 bridgehead atoms. The number of piperidine rings is 1. The quantitative estimate of drug-likeness (QED) is 0.897. The van der Waals surface area contributed by atoms with E-state index in [9.17, 15) is 9.59 Å². The first kappa shape index (κ1) is 18.1. The number of nitrogens with zero attached hydrogens (tertiary/aromatic N) is 2. The van der Waals surface area contributed by atoms with E-state index >= 15 is 0 Å². The number of nitrogens with one attached hydrogen (secondary N) is 1. The summed E-state index contributed by atoms with van der Waals surface area (Å²) in [5.41, 5.74) is 1.21. The number of aryl methyl sites for hydroxylation is 1. The molecule has 2 aliphatic heterocycles. The van der Waals surface area contributed by atoms with E-state index in [1.165, 1.54) is 5.56 Å². The van der Waals surface area contributed by atoms with Gasteiger partial charge < -0.3 is 15.1 Å². The summed E-state index contributed by atoms with van der Waals surface area (Å²) in [6.45, 7) is 4.87. The molecule has 0 aromatic heterocycles. The zero-order valence-corrected chi connectivity index (χ0v) is 15.7. The molecule has 1 aromatic carbocycles. The topological polar surface area (TPSA) is 52.7 Å². The predicted molar refractivity (Wildman–Crippen MR) is 102 cm³/mol. The molecule has 25 heavy (non-hydrogen) atoms. The highest BCUT2D eigenvalue weighted by atomic mass is 32.2. The van der Waals surface area contributed by atoms with Crippen LogP contribution in [0.5, 0.6) is 0 Å². The average Bonchev–Trinajstić information content (AvgIpc) is 3.04. The van der Waals surface area contributed by atoms with Crippen LogP contribution in [0.3, 0.4) is 0 Å². The highest BCUT2D eigenvalue weighted by molar-refractivity contribution is 8.00. The van der Waals surface area contributed by atoms with Crippen molar-refractivity contribution in [3.05, 3.63) is 35.9 Å². The molecular weight excluding hydrogens is 334 g/mol. The van der Waals surface area contributed by atoms with Gasteiger partial charge in [-0.2, -0.15) is 0 Å². The van der Waals surface area contributed by atoms with Crippen LogP contribution in [0.2, 0.25) is 0 Å². The van der Waals surface area contributed by atoms with Gasteiger partial charge >= 0.3 is 6.03 Å². The third-order valence-electron chi connectivity index (χ3n) is 5.11. The number of amides is 3. The number of thioether (sulfide) groups is 1. The van der Waals surface area contributed by atoms with Crippen molar-refractivity contribution >= 4 is 23.7 Å². The molecule has 1 aromatic rings. The second-order valence-corrected chi connectivity index (χ2v) is 8.11. The molecule has 0 unspecified atom stereocenters. The van der Waals surface area contributed by atoms with Crippen molar-refractivity contribution in [2.45, 2.75) is 37.5 Å². The van der Waals surface area contributed by atoms with Crippen molar-refractivity contribution in [3.8, 4) is 0 Å². The molecule has 2 fully saturated rings. The van der Waals surface area contributed by atoms with Gasteiger partial charge in [-0.25, -0.2) is 4.79 Å². The molecule has 2 saturated heterocycles. The third-order valence-corrected chi connectivity index (χ3v) is 6.66. The van der Waals surface area contributed by atoms with Crippen molar-refractivity contribution in [3.63, 3.8) is 0 Å². The summed E-state index contributed by atoms with van der Waals surface area (Å²) in [5, 5.41) is 2.87. The van der Waals surface area contributed by atoms with Crippen LogP contribution in [0, 0.1) is 0 Å². The summed E-state index contributed by atoms with van der Waals surface area (Å²) in [5.74, 6) is 1.25. The van der Waals surface area contributed by atoms with Gasteiger partial charge in [-0.1, -0.05) is 30.3 Å². The fourth-order valence-corrected chi connectivity index (χ4v) is 5.20. The van der Waals surface area contributed by atoms with Gasteiger partial charge in [-0.05, 0) is 31.7 Å². The van der Waals surface area contributed by atoms with Gasteiger partial charge in [-0.15, -0.1) is 11.8 Å². The summed E-state index contributed by atoms with van der Waals surface area (Å²) in [4.78, 5) is 28.7. The summed E-state index contributed by atoms with van der Waals surface area (Å²) >= 11 is 1.90. The molecule has 6 heteroatoms. The highest BCUT2D eigenvalue weighted by Gasteiger charge is 2.46. The Labute approximate surface area is 154 Å². The zero-order chi connectivity index (χ0) is 17.7. The maximum Gasteiger partial charge on any atom is 0.317 e. The Morgan fingerprint density at radius 3 is 2.56 bits per heavy atom. The Balaban J connectivity index is 1.57. The van der Waals surface area contributed by atoms with Crippen molar-refractivity contribution in [2.75, 3.05) is 31.9 Å². The van der Waals surface area contributed by atoms with E-state index in [0.29, 0.717) is 13.0 Å². The van der Waals surface area contributed by atoms with Gasteiger partial charge in [0.2, 0.25) is 5.91 Å². The van der Waals surface area contributed by atoms with E-state index in [-0.39, 0.29) is 16.8 Å². The van der Waals surface area contributed by atoms with E-state index in [0.717, 1.165) is 44.6 Å². The molecule has 0 saturated carbocycles. The summed E-state index contributed by atoms with van der Waals surface area (Å²) in [6, 6.07) is 10.2. The van der Waals surface area contributed by atoms with Crippen LogP contribution in [0.1, 0.15) is 31.7 Å². The molecule has 0 atom stereocenters. The SMILES string of the molecule is CCNC(=O)N1CCC2(CC1)SCCN2C(=O)CCc1ccccc1. The minimum absolute atomic E-state index is 0.0160. The fourth-order valence-electron chi connectivity index (χ4n) is 3.73. The van der Waals surface area contributed by atoms with Crippen LogP contribution in [0.4, 0.5) is 4.79 Å². The summed E-state index contributed by atoms with van der Waals surface area (Å²) < 4.78 is 0. The number of hydrogen-bond donors (Lipinski definition) is 1. The molecule has 2 aliphatic rings. The van der Waals surface area contributed by atoms with Crippen LogP contribution in [-0.4, -0.2) is 58.5 Å². The lowest BCUT2D eigenvalue weighted by atomic mass is 10.0. The molecule has 136 valence electrons. The van der Waals surface area contributed by atoms with Crippen molar-refractivity contribution in [1.29, 1.82) is 0 Å². The van der Waals surface area contributed by atoms with E-state index in [2.05, 4.69) is 22.3 Å². The van der Waals surface area contributed by atoms with Crippen LogP contribution in [0.25, 0.3) is 0 Å². The number of rotatable bonds is 4. The second kappa shape index (κ2) is 8.13. The molecule has 1 N–H and O–H groups in total. The number of carbonyl (C=O) groups is 2. The summed E-state index contributed by atoms with van der Waals surface area (Å²) in [6.07, 6.45) is 3.09. The molecule has 2 heterocycles. The van der Waals surface area contributed by atoms with Gasteiger partial charge in [-0.3, -0.25) is 4.79 Å². The normalized spacial score (nSPS) is 19.2. The van der Waals surface area contributed by atoms with Gasteiger partial charge in [0.1, 0.15) is 0 Å². The van der Waals surface area contributed by atoms with E-state index in [4.69, 9.17) is 0 Å². The molecule has 0 aliphatic carbocycles. The third kappa shape index (κ3) is 4.11. The lowest BCUT2D eigenvalue weighted by Crippen LogP contribution is -2.55. The van der Waals surface area contributed by atoms with Crippen molar-refractivity contribution < 1.29 is 9.59 Å². The second-order valence-electron chi connectivity index (χ2n) is 6.65. The van der Waals surface area contributed by atoms with Gasteiger partial charge in [0.15, 0.2) is 0 Å². The molecule has 3 rings (SSSR count). The first-order valence-corrected chi connectivity index (χ1v) is 10.1. The lowest BCUT2D eigenvalue weighted by molar-refractivity contribution is -0.134. The number of carbonyl (C=O) groups excluding carboxylic acids is 2. The minimum Gasteiger partial charge on any atom is -0.338 e. The van der Waals surface area contributed by atoms with Gasteiger partial charge in [0, 0.05) is 38.4 Å². The van der Waals surface area contributed by atoms with Crippen LogP contribution in [-0.2, 0) is 11.2 Å². The van der Waals surface area contributed by atoms with Gasteiger partial charge in [0.25, 0.3) is 0 Å². The van der Waals surface area contributed by atoms with Crippen LogP contribution in [0.15, 0.2) is 30.3 Å². The number of benzene rings is 1. The average molecular weight is 362 g/mol. The highest BCUT2D eigenvalue weighted by Crippen LogP contribution is 2.44. The first-order valence-electron chi connectivity index (χ1n) is 9.16. The van der Waals surface area contributed by atoms with Gasteiger partial charge in [0.05, 0.1) is 4.87 Å². The Kier molecular flexibility index (Phi) is 5.89. The number of hydrogen-bond acceptors (Lipinski definition) is 3.